The maximum Gasteiger partial charge on any atom is 0.220 e. The Morgan fingerprint density at radius 2 is 2.17 bits per heavy atom. The van der Waals surface area contributed by atoms with Crippen LogP contribution in [0.4, 0.5) is 0 Å². The van der Waals surface area contributed by atoms with Crippen LogP contribution in [0.15, 0.2) is 0 Å². The van der Waals surface area contributed by atoms with Gasteiger partial charge >= 0.3 is 0 Å². The van der Waals surface area contributed by atoms with Crippen LogP contribution in [-0.2, 0) is 7.05 Å². The van der Waals surface area contributed by atoms with Gasteiger partial charge in [0.15, 0.2) is 0 Å². The van der Waals surface area contributed by atoms with E-state index in [9.17, 15) is 4.79 Å². The number of nitrogens with two attached hydrogens (primary N) is 1. The number of rotatable bonds is 2. The van der Waals surface area contributed by atoms with E-state index in [1.165, 1.54) is 4.68 Å². The summed E-state index contributed by atoms with van der Waals surface area (Å²) in [5.41, 5.74) is 4.65. The fourth-order valence-corrected chi connectivity index (χ4v) is 0.710. The third-order valence-corrected chi connectivity index (χ3v) is 1.41. The predicted molar refractivity (Wildman–Crippen MR) is 41.4 cm³/mol. The Kier molecular flexibility index (Phi) is 1.93. The molecule has 2 N–H and O–H groups in total. The summed E-state index contributed by atoms with van der Waals surface area (Å²) in [4.78, 5) is 11.5. The number of aromatic nitrogens is 4. The Bertz CT molecular complexity index is 297. The first-order valence-electron chi connectivity index (χ1n) is 3.49. The summed E-state index contributed by atoms with van der Waals surface area (Å²) in [5.74, 6) is -0.0856. The molecule has 0 aliphatic heterocycles. The van der Waals surface area contributed by atoms with Crippen molar-refractivity contribution in [3.63, 3.8) is 0 Å². The van der Waals surface area contributed by atoms with Crippen LogP contribution in [0.5, 0.6) is 0 Å². The van der Waals surface area contributed by atoms with E-state index in [-0.39, 0.29) is 11.6 Å². The summed E-state index contributed by atoms with van der Waals surface area (Å²) in [6.07, 6.45) is 0. The highest BCUT2D eigenvalue weighted by atomic mass is 16.1. The minimum atomic E-state index is -0.928. The van der Waals surface area contributed by atoms with Crippen LogP contribution in [0.2, 0.25) is 0 Å². The molecule has 6 nitrogen and oxygen atoms in total. The molecule has 0 saturated carbocycles. The van der Waals surface area contributed by atoms with Crippen molar-refractivity contribution >= 4 is 5.78 Å². The summed E-state index contributed by atoms with van der Waals surface area (Å²) >= 11 is 0. The quantitative estimate of drug-likeness (QED) is 0.581. The summed E-state index contributed by atoms with van der Waals surface area (Å²) in [6, 6.07) is 0. The highest BCUT2D eigenvalue weighted by Crippen LogP contribution is 2.05. The summed E-state index contributed by atoms with van der Waals surface area (Å²) < 4.78 is 1.30. The topological polar surface area (TPSA) is 86.7 Å². The van der Waals surface area contributed by atoms with Gasteiger partial charge in [0.2, 0.25) is 11.6 Å². The number of Topliss-reactive ketones (excluding diaryl/α,β-unsaturated/α-hetero) is 1. The van der Waals surface area contributed by atoms with Gasteiger partial charge in [0.1, 0.15) is 0 Å². The smallest absolute Gasteiger partial charge is 0.220 e. The molecule has 6 heteroatoms. The Morgan fingerprint density at radius 1 is 1.58 bits per heavy atom. The van der Waals surface area contributed by atoms with Gasteiger partial charge in [0.05, 0.1) is 5.54 Å². The van der Waals surface area contributed by atoms with E-state index in [1.807, 2.05) is 0 Å². The van der Waals surface area contributed by atoms with Gasteiger partial charge in [0.25, 0.3) is 0 Å². The number of carbonyl (C=O) groups excluding carboxylic acids is 1. The highest BCUT2D eigenvalue weighted by Gasteiger charge is 2.27. The lowest BCUT2D eigenvalue weighted by atomic mass is 10.0. The molecule has 0 aromatic carbocycles. The van der Waals surface area contributed by atoms with E-state index in [1.54, 1.807) is 20.9 Å². The standard InChI is InChI=1S/C6H11N5O/c1-6(2,7)4(12)5-8-9-10-11(5)3/h7H2,1-3H3. The number of aryl methyl sites for hydroxylation is 1. The fraction of sp³-hybridized carbons (Fsp3) is 0.667. The molecule has 0 aliphatic rings. The molecule has 0 unspecified atom stereocenters. The molecule has 0 bridgehead atoms. The Labute approximate surface area is 69.7 Å². The van der Waals surface area contributed by atoms with Crippen molar-refractivity contribution in [2.45, 2.75) is 19.4 Å². The van der Waals surface area contributed by atoms with Gasteiger partial charge in [-0.2, -0.15) is 0 Å². The van der Waals surface area contributed by atoms with E-state index < -0.39 is 5.54 Å². The molecule has 0 amide bonds. The Morgan fingerprint density at radius 3 is 2.50 bits per heavy atom. The Balaban J connectivity index is 3.01. The maximum atomic E-state index is 11.5. The van der Waals surface area contributed by atoms with Crippen LogP contribution < -0.4 is 5.73 Å². The van der Waals surface area contributed by atoms with Crippen LogP contribution in [-0.4, -0.2) is 31.5 Å². The van der Waals surface area contributed by atoms with E-state index in [0.29, 0.717) is 0 Å². The van der Waals surface area contributed by atoms with Crippen LogP contribution in [0, 0.1) is 0 Å². The van der Waals surface area contributed by atoms with Crippen molar-refractivity contribution < 1.29 is 4.79 Å². The number of tetrazole rings is 1. The number of nitrogens with zero attached hydrogens (tertiary/aromatic N) is 4. The fourth-order valence-electron chi connectivity index (χ4n) is 0.710. The minimum Gasteiger partial charge on any atom is -0.319 e. The maximum absolute atomic E-state index is 11.5. The monoisotopic (exact) mass is 169 g/mol. The van der Waals surface area contributed by atoms with E-state index >= 15 is 0 Å². The number of ketones is 1. The molecule has 0 spiro atoms. The molecule has 0 fully saturated rings. The number of hydrogen-bond donors (Lipinski definition) is 1. The average molecular weight is 169 g/mol. The van der Waals surface area contributed by atoms with Gasteiger partial charge in [-0.1, -0.05) is 0 Å². The molecular formula is C6H11N5O. The van der Waals surface area contributed by atoms with Gasteiger partial charge in [-0.05, 0) is 24.3 Å². The van der Waals surface area contributed by atoms with Crippen molar-refractivity contribution in [1.82, 2.24) is 20.2 Å². The highest BCUT2D eigenvalue weighted by molar-refractivity contribution is 5.99. The first-order valence-corrected chi connectivity index (χ1v) is 3.49. The lowest BCUT2D eigenvalue weighted by Gasteiger charge is -2.14. The molecule has 0 atom stereocenters. The lowest BCUT2D eigenvalue weighted by molar-refractivity contribution is 0.0898. The molecule has 66 valence electrons. The Hall–Kier alpha value is -1.30. The minimum absolute atomic E-state index is 0.183. The second-order valence-corrected chi connectivity index (χ2v) is 3.18. The van der Waals surface area contributed by atoms with Gasteiger partial charge in [-0.15, -0.1) is 5.10 Å². The van der Waals surface area contributed by atoms with Gasteiger partial charge in [-0.25, -0.2) is 4.68 Å². The summed E-state index contributed by atoms with van der Waals surface area (Å²) in [7, 11) is 1.60. The van der Waals surface area contributed by atoms with Gasteiger partial charge in [-0.3, -0.25) is 4.79 Å². The molecule has 0 saturated heterocycles. The zero-order valence-electron chi connectivity index (χ0n) is 7.27. The summed E-state index contributed by atoms with van der Waals surface area (Å²) in [5, 5.41) is 10.4. The van der Waals surface area contributed by atoms with Crippen molar-refractivity contribution in [2.75, 3.05) is 0 Å². The average Bonchev–Trinajstić information content (AvgIpc) is 2.31. The van der Waals surface area contributed by atoms with Crippen molar-refractivity contribution in [3.8, 4) is 0 Å². The normalized spacial score (nSPS) is 11.7. The molecule has 1 heterocycles. The lowest BCUT2D eigenvalue weighted by Crippen LogP contribution is -2.42. The third kappa shape index (κ3) is 1.48. The zero-order chi connectivity index (χ0) is 9.35. The van der Waals surface area contributed by atoms with E-state index in [0.717, 1.165) is 0 Å². The van der Waals surface area contributed by atoms with Crippen LogP contribution in [0.3, 0.4) is 0 Å². The predicted octanol–water partition coefficient (Wildman–Crippen LogP) is -0.870. The molecule has 12 heavy (non-hydrogen) atoms. The molecule has 0 radical (unpaired) electrons. The van der Waals surface area contributed by atoms with Gasteiger partial charge < -0.3 is 5.73 Å². The van der Waals surface area contributed by atoms with Crippen molar-refractivity contribution in [2.24, 2.45) is 12.8 Å². The number of carbonyl (C=O) groups is 1. The number of hydrogen-bond acceptors (Lipinski definition) is 5. The second kappa shape index (κ2) is 2.63. The van der Waals surface area contributed by atoms with Crippen LogP contribution >= 0.6 is 0 Å². The van der Waals surface area contributed by atoms with Gasteiger partial charge in [0, 0.05) is 7.05 Å². The van der Waals surface area contributed by atoms with Crippen LogP contribution in [0.25, 0.3) is 0 Å². The first kappa shape index (κ1) is 8.79. The van der Waals surface area contributed by atoms with Crippen LogP contribution in [0.1, 0.15) is 24.5 Å². The van der Waals surface area contributed by atoms with E-state index in [2.05, 4.69) is 15.5 Å². The second-order valence-electron chi connectivity index (χ2n) is 3.18. The van der Waals surface area contributed by atoms with E-state index in [4.69, 9.17) is 5.73 Å². The molecule has 1 aromatic heterocycles. The molecule has 1 rings (SSSR count). The van der Waals surface area contributed by atoms with Crippen molar-refractivity contribution in [3.05, 3.63) is 5.82 Å². The summed E-state index contributed by atoms with van der Waals surface area (Å²) in [6.45, 7) is 3.23. The largest absolute Gasteiger partial charge is 0.319 e. The molecule has 0 aliphatic carbocycles. The third-order valence-electron chi connectivity index (χ3n) is 1.41. The molecule has 1 aromatic rings. The zero-order valence-corrected chi connectivity index (χ0v) is 7.27. The SMILES string of the molecule is Cn1nnnc1C(=O)C(C)(C)N. The molecular weight excluding hydrogens is 158 g/mol. The van der Waals surface area contributed by atoms with Crippen molar-refractivity contribution in [1.29, 1.82) is 0 Å². The first-order chi connectivity index (χ1) is 5.43.